The lowest BCUT2D eigenvalue weighted by molar-refractivity contribution is -0.133. The maximum Gasteiger partial charge on any atom is 0.426 e. The Bertz CT molecular complexity index is 857. The molecule has 128 valence electrons. The molecule has 0 unspecified atom stereocenters. The van der Waals surface area contributed by atoms with Crippen LogP contribution in [0.1, 0.15) is 20.1 Å². The summed E-state index contributed by atoms with van der Waals surface area (Å²) in [7, 11) is 0. The van der Waals surface area contributed by atoms with E-state index in [-0.39, 0.29) is 17.0 Å². The number of rotatable bonds is 4. The second kappa shape index (κ2) is 7.11. The van der Waals surface area contributed by atoms with E-state index in [1.54, 1.807) is 30.3 Å². The summed E-state index contributed by atoms with van der Waals surface area (Å²) in [6.45, 7) is 0.263. The van der Waals surface area contributed by atoms with E-state index < -0.39 is 17.0 Å². The van der Waals surface area contributed by atoms with Crippen LogP contribution < -0.4 is 5.32 Å². The predicted molar refractivity (Wildman–Crippen MR) is 92.4 cm³/mol. The molecule has 0 aliphatic rings. The van der Waals surface area contributed by atoms with Gasteiger partial charge < -0.3 is 5.32 Å². The second-order valence-electron chi connectivity index (χ2n) is 5.39. The third-order valence-corrected chi connectivity index (χ3v) is 4.77. The topological polar surface area (TPSA) is 29.1 Å². The Morgan fingerprint density at radius 1 is 0.960 bits per heavy atom. The Labute approximate surface area is 146 Å². The second-order valence-corrected chi connectivity index (χ2v) is 6.44. The van der Waals surface area contributed by atoms with E-state index in [2.05, 4.69) is 5.32 Å². The number of hydrogen-bond donors (Lipinski definition) is 1. The maximum absolute atomic E-state index is 13.3. The van der Waals surface area contributed by atoms with Crippen LogP contribution in [0.15, 0.2) is 66.7 Å². The van der Waals surface area contributed by atoms with Gasteiger partial charge in [0, 0.05) is 12.1 Å². The summed E-state index contributed by atoms with van der Waals surface area (Å²) in [4.78, 5) is 11.6. The predicted octanol–water partition coefficient (Wildman–Crippen LogP) is 5.36. The molecule has 0 aliphatic carbocycles. The van der Waals surface area contributed by atoms with Gasteiger partial charge in [-0.2, -0.15) is 13.2 Å². The van der Waals surface area contributed by atoms with Crippen LogP contribution in [0.25, 0.3) is 11.1 Å². The van der Waals surface area contributed by atoms with Gasteiger partial charge in [-0.15, -0.1) is 11.3 Å². The molecule has 0 atom stereocenters. The maximum atomic E-state index is 13.3. The van der Waals surface area contributed by atoms with Crippen molar-refractivity contribution < 1.29 is 18.0 Å². The lowest BCUT2D eigenvalue weighted by Crippen LogP contribution is -2.21. The summed E-state index contributed by atoms with van der Waals surface area (Å²) in [5.74, 6) is -0.512. The number of benzene rings is 2. The quantitative estimate of drug-likeness (QED) is 0.666. The van der Waals surface area contributed by atoms with Gasteiger partial charge in [-0.25, -0.2) is 0 Å². The summed E-state index contributed by atoms with van der Waals surface area (Å²) < 4.78 is 40.0. The van der Waals surface area contributed by atoms with E-state index in [9.17, 15) is 18.0 Å². The molecule has 6 heteroatoms. The molecule has 0 aliphatic heterocycles. The highest BCUT2D eigenvalue weighted by molar-refractivity contribution is 7.14. The minimum absolute atomic E-state index is 0.0305. The molecule has 2 nitrogen and oxygen atoms in total. The highest BCUT2D eigenvalue weighted by Gasteiger charge is 2.37. The summed E-state index contributed by atoms with van der Waals surface area (Å²) >= 11 is 0.467. The molecule has 2 aromatic carbocycles. The van der Waals surface area contributed by atoms with Crippen LogP contribution in [0.4, 0.5) is 13.2 Å². The lowest BCUT2D eigenvalue weighted by Gasteiger charge is -2.07. The Balaban J connectivity index is 1.87. The van der Waals surface area contributed by atoms with Crippen molar-refractivity contribution in [3.05, 3.63) is 82.0 Å². The van der Waals surface area contributed by atoms with Gasteiger partial charge in [0.2, 0.25) is 0 Å². The summed E-state index contributed by atoms with van der Waals surface area (Å²) in [5, 5.41) is 2.66. The number of amides is 1. The Morgan fingerprint density at radius 2 is 1.56 bits per heavy atom. The molecule has 0 bridgehead atoms. The SMILES string of the molecule is O=C(NCc1ccccc1)c1cc(-c2ccccc2)c(C(F)(F)F)s1. The largest absolute Gasteiger partial charge is 0.426 e. The number of alkyl halides is 3. The van der Waals surface area contributed by atoms with Gasteiger partial charge in [-0.1, -0.05) is 60.7 Å². The van der Waals surface area contributed by atoms with Gasteiger partial charge in [-0.05, 0) is 17.2 Å². The summed E-state index contributed by atoms with van der Waals surface area (Å²) in [6, 6.07) is 18.8. The highest BCUT2D eigenvalue weighted by Crippen LogP contribution is 2.42. The van der Waals surface area contributed by atoms with Crippen LogP contribution in [0.5, 0.6) is 0 Å². The van der Waals surface area contributed by atoms with Crippen molar-refractivity contribution in [2.24, 2.45) is 0 Å². The molecule has 0 saturated carbocycles. The Kier molecular flexibility index (Phi) is 4.90. The van der Waals surface area contributed by atoms with Crippen LogP contribution in [0.3, 0.4) is 0 Å². The van der Waals surface area contributed by atoms with E-state index in [1.165, 1.54) is 6.07 Å². The fourth-order valence-corrected chi connectivity index (χ4v) is 3.37. The molecule has 1 aromatic heterocycles. The normalized spacial score (nSPS) is 11.3. The molecule has 0 spiro atoms. The fraction of sp³-hybridized carbons (Fsp3) is 0.105. The number of thiophene rings is 1. The van der Waals surface area contributed by atoms with Crippen molar-refractivity contribution in [3.8, 4) is 11.1 Å². The van der Waals surface area contributed by atoms with Crippen LogP contribution in [0, 0.1) is 0 Å². The molecule has 1 N–H and O–H groups in total. The van der Waals surface area contributed by atoms with E-state index >= 15 is 0 Å². The molecule has 1 amide bonds. The minimum Gasteiger partial charge on any atom is -0.347 e. The lowest BCUT2D eigenvalue weighted by atomic mass is 10.1. The van der Waals surface area contributed by atoms with Crippen LogP contribution in [0.2, 0.25) is 0 Å². The standard InChI is InChI=1S/C19H14F3NOS/c20-19(21,22)17-15(14-9-5-2-6-10-14)11-16(25-17)18(24)23-12-13-7-3-1-4-8-13/h1-11H,12H2,(H,23,24). The molecule has 0 saturated heterocycles. The first-order chi connectivity index (χ1) is 11.9. The number of carbonyl (C=O) groups is 1. The number of carbonyl (C=O) groups excluding carboxylic acids is 1. The molecule has 3 rings (SSSR count). The van der Waals surface area contributed by atoms with Gasteiger partial charge in [0.05, 0.1) is 4.88 Å². The first-order valence-electron chi connectivity index (χ1n) is 7.54. The van der Waals surface area contributed by atoms with Gasteiger partial charge in [-0.3, -0.25) is 4.79 Å². The zero-order chi connectivity index (χ0) is 17.9. The number of halogens is 3. The van der Waals surface area contributed by atoms with Crippen LogP contribution >= 0.6 is 11.3 Å². The number of hydrogen-bond acceptors (Lipinski definition) is 2. The van der Waals surface area contributed by atoms with Crippen LogP contribution in [-0.2, 0) is 12.7 Å². The van der Waals surface area contributed by atoms with Gasteiger partial charge in [0.15, 0.2) is 0 Å². The van der Waals surface area contributed by atoms with Crippen molar-refractivity contribution in [1.29, 1.82) is 0 Å². The first-order valence-corrected chi connectivity index (χ1v) is 8.35. The third kappa shape index (κ3) is 4.09. The summed E-state index contributed by atoms with van der Waals surface area (Å²) in [6.07, 6.45) is -4.51. The van der Waals surface area contributed by atoms with E-state index in [4.69, 9.17) is 0 Å². The molecule has 1 heterocycles. The van der Waals surface area contributed by atoms with Gasteiger partial charge in [0.25, 0.3) is 5.91 Å². The molecular weight excluding hydrogens is 347 g/mol. The average Bonchev–Trinajstić information content (AvgIpc) is 3.07. The van der Waals surface area contributed by atoms with Crippen LogP contribution in [-0.4, -0.2) is 5.91 Å². The average molecular weight is 361 g/mol. The van der Waals surface area contributed by atoms with Crippen molar-refractivity contribution in [2.45, 2.75) is 12.7 Å². The monoisotopic (exact) mass is 361 g/mol. The smallest absolute Gasteiger partial charge is 0.347 e. The van der Waals surface area contributed by atoms with Crippen molar-refractivity contribution in [1.82, 2.24) is 5.32 Å². The Hall–Kier alpha value is -2.60. The minimum atomic E-state index is -4.51. The zero-order valence-electron chi connectivity index (χ0n) is 13.0. The number of nitrogens with one attached hydrogen (secondary N) is 1. The van der Waals surface area contributed by atoms with E-state index in [0.717, 1.165) is 5.56 Å². The fourth-order valence-electron chi connectivity index (χ4n) is 2.41. The molecular formula is C19H14F3NOS. The summed E-state index contributed by atoms with van der Waals surface area (Å²) in [5.41, 5.74) is 1.35. The first kappa shape index (κ1) is 17.2. The highest BCUT2D eigenvalue weighted by atomic mass is 32.1. The van der Waals surface area contributed by atoms with Crippen molar-refractivity contribution in [3.63, 3.8) is 0 Å². The Morgan fingerprint density at radius 3 is 2.16 bits per heavy atom. The molecule has 25 heavy (non-hydrogen) atoms. The molecule has 0 radical (unpaired) electrons. The van der Waals surface area contributed by atoms with E-state index in [1.807, 2.05) is 30.3 Å². The van der Waals surface area contributed by atoms with Crippen molar-refractivity contribution >= 4 is 17.2 Å². The van der Waals surface area contributed by atoms with Gasteiger partial charge >= 0.3 is 6.18 Å². The van der Waals surface area contributed by atoms with Crippen molar-refractivity contribution in [2.75, 3.05) is 0 Å². The van der Waals surface area contributed by atoms with Gasteiger partial charge in [0.1, 0.15) is 4.88 Å². The van der Waals surface area contributed by atoms with E-state index in [0.29, 0.717) is 16.9 Å². The zero-order valence-corrected chi connectivity index (χ0v) is 13.8. The third-order valence-electron chi connectivity index (χ3n) is 3.59. The molecule has 0 fully saturated rings. The molecule has 3 aromatic rings.